The van der Waals surface area contributed by atoms with Crippen molar-refractivity contribution in [2.75, 3.05) is 18.4 Å². The molecule has 1 aromatic rings. The van der Waals surface area contributed by atoms with Gasteiger partial charge in [0.2, 0.25) is 5.91 Å². The van der Waals surface area contributed by atoms with Crippen molar-refractivity contribution in [1.29, 1.82) is 0 Å². The average Bonchev–Trinajstić information content (AvgIpc) is 2.44. The zero-order valence-corrected chi connectivity index (χ0v) is 14.7. The lowest BCUT2D eigenvalue weighted by Crippen LogP contribution is -2.28. The van der Waals surface area contributed by atoms with Crippen LogP contribution in [0, 0.1) is 5.92 Å². The molecule has 4 heteroatoms. The van der Waals surface area contributed by atoms with Gasteiger partial charge in [-0.25, -0.2) is 0 Å². The fourth-order valence-electron chi connectivity index (χ4n) is 2.12. The van der Waals surface area contributed by atoms with Gasteiger partial charge in [-0.15, -0.1) is 0 Å². The number of para-hydroxylation sites is 1. The molecule has 0 fully saturated rings. The molecule has 118 valence electrons. The van der Waals surface area contributed by atoms with Gasteiger partial charge in [-0.2, -0.15) is 0 Å². The molecule has 0 saturated carbocycles. The van der Waals surface area contributed by atoms with Crippen molar-refractivity contribution in [1.82, 2.24) is 5.32 Å². The molecule has 0 radical (unpaired) electrons. The summed E-state index contributed by atoms with van der Waals surface area (Å²) in [7, 11) is 0. The van der Waals surface area contributed by atoms with Gasteiger partial charge in [-0.05, 0) is 46.9 Å². The third kappa shape index (κ3) is 8.89. The minimum absolute atomic E-state index is 0.00158. The maximum absolute atomic E-state index is 11.8. The summed E-state index contributed by atoms with van der Waals surface area (Å²) in [6.07, 6.45) is 6.32. The molecule has 0 atom stereocenters. The number of rotatable bonds is 10. The van der Waals surface area contributed by atoms with Crippen molar-refractivity contribution in [3.8, 4) is 0 Å². The van der Waals surface area contributed by atoms with Crippen molar-refractivity contribution in [2.45, 2.75) is 46.0 Å². The third-order valence-electron chi connectivity index (χ3n) is 3.32. The predicted octanol–water partition coefficient (Wildman–Crippen LogP) is 4.58. The lowest BCUT2D eigenvalue weighted by molar-refractivity contribution is -0.115. The largest absolute Gasteiger partial charge is 0.324 e. The summed E-state index contributed by atoms with van der Waals surface area (Å²) in [4.78, 5) is 11.8. The highest BCUT2D eigenvalue weighted by Crippen LogP contribution is 2.20. The molecule has 0 bridgehead atoms. The van der Waals surface area contributed by atoms with Crippen LogP contribution in [-0.4, -0.2) is 19.0 Å². The van der Waals surface area contributed by atoms with Crippen LogP contribution in [0.4, 0.5) is 5.69 Å². The van der Waals surface area contributed by atoms with E-state index in [9.17, 15) is 4.79 Å². The Morgan fingerprint density at radius 3 is 2.57 bits per heavy atom. The number of carbonyl (C=O) groups excluding carboxylic acids is 1. The first kappa shape index (κ1) is 18.2. The highest BCUT2D eigenvalue weighted by Gasteiger charge is 2.04. The molecule has 0 aliphatic heterocycles. The first-order valence-corrected chi connectivity index (χ1v) is 8.64. The van der Waals surface area contributed by atoms with E-state index in [0.29, 0.717) is 6.54 Å². The van der Waals surface area contributed by atoms with Crippen LogP contribution < -0.4 is 10.6 Å². The van der Waals surface area contributed by atoms with Crippen LogP contribution in [-0.2, 0) is 4.79 Å². The standard InChI is InChI=1S/C17H27BrN2O/c1-14(2)9-5-3-4-8-12-19-13-17(21)20-16-11-7-6-10-15(16)18/h6-7,10-11,14,19H,3-5,8-9,12-13H2,1-2H3,(H,20,21). The molecule has 0 aromatic heterocycles. The Labute approximate surface area is 137 Å². The Hall–Kier alpha value is -0.870. The number of amides is 1. The van der Waals surface area contributed by atoms with E-state index in [4.69, 9.17) is 0 Å². The summed E-state index contributed by atoms with van der Waals surface area (Å²) in [5.41, 5.74) is 0.818. The van der Waals surface area contributed by atoms with Crippen molar-refractivity contribution in [2.24, 2.45) is 5.92 Å². The van der Waals surface area contributed by atoms with Crippen LogP contribution in [0.15, 0.2) is 28.7 Å². The quantitative estimate of drug-likeness (QED) is 0.603. The highest BCUT2D eigenvalue weighted by molar-refractivity contribution is 9.10. The molecular weight excluding hydrogens is 328 g/mol. The van der Waals surface area contributed by atoms with Gasteiger partial charge in [-0.1, -0.05) is 51.7 Å². The molecule has 3 nitrogen and oxygen atoms in total. The summed E-state index contributed by atoms with van der Waals surface area (Å²) in [6, 6.07) is 7.64. The smallest absolute Gasteiger partial charge is 0.238 e. The molecule has 2 N–H and O–H groups in total. The number of nitrogens with one attached hydrogen (secondary N) is 2. The number of carbonyl (C=O) groups is 1. The second kappa shape index (κ2) is 10.8. The van der Waals surface area contributed by atoms with Gasteiger partial charge in [0.05, 0.1) is 12.2 Å². The van der Waals surface area contributed by atoms with E-state index in [0.717, 1.165) is 29.0 Å². The Morgan fingerprint density at radius 2 is 1.86 bits per heavy atom. The first-order chi connectivity index (χ1) is 10.1. The van der Waals surface area contributed by atoms with E-state index >= 15 is 0 Å². The van der Waals surface area contributed by atoms with Gasteiger partial charge < -0.3 is 10.6 Å². The average molecular weight is 355 g/mol. The number of hydrogen-bond acceptors (Lipinski definition) is 2. The SMILES string of the molecule is CC(C)CCCCCCNCC(=O)Nc1ccccc1Br. The van der Waals surface area contributed by atoms with Gasteiger partial charge in [-0.3, -0.25) is 4.79 Å². The summed E-state index contributed by atoms with van der Waals surface area (Å²) >= 11 is 3.42. The number of hydrogen-bond donors (Lipinski definition) is 2. The zero-order valence-electron chi connectivity index (χ0n) is 13.1. The minimum Gasteiger partial charge on any atom is -0.324 e. The van der Waals surface area contributed by atoms with Crippen LogP contribution in [0.2, 0.25) is 0 Å². The second-order valence-electron chi connectivity index (χ2n) is 5.80. The number of benzene rings is 1. The minimum atomic E-state index is 0.00158. The molecule has 21 heavy (non-hydrogen) atoms. The molecule has 0 spiro atoms. The maximum Gasteiger partial charge on any atom is 0.238 e. The Kier molecular flexibility index (Phi) is 9.35. The van der Waals surface area contributed by atoms with Gasteiger partial charge in [0.15, 0.2) is 0 Å². The van der Waals surface area contributed by atoms with E-state index < -0.39 is 0 Å². The lowest BCUT2D eigenvalue weighted by atomic mass is 10.0. The number of unbranched alkanes of at least 4 members (excludes halogenated alkanes) is 3. The fraction of sp³-hybridized carbons (Fsp3) is 0.588. The van der Waals surface area contributed by atoms with Gasteiger partial charge in [0, 0.05) is 4.47 Å². The Morgan fingerprint density at radius 1 is 1.14 bits per heavy atom. The summed E-state index contributed by atoms with van der Waals surface area (Å²) in [6.45, 7) is 5.81. The Bertz CT molecular complexity index is 421. The maximum atomic E-state index is 11.8. The molecule has 0 heterocycles. The van der Waals surface area contributed by atoms with Crippen molar-refractivity contribution < 1.29 is 4.79 Å². The third-order valence-corrected chi connectivity index (χ3v) is 4.01. The van der Waals surface area contributed by atoms with Crippen molar-refractivity contribution in [3.05, 3.63) is 28.7 Å². The topological polar surface area (TPSA) is 41.1 Å². The molecule has 1 rings (SSSR count). The summed E-state index contributed by atoms with van der Waals surface area (Å²) < 4.78 is 0.906. The molecule has 1 amide bonds. The monoisotopic (exact) mass is 354 g/mol. The molecular formula is C17H27BrN2O. The second-order valence-corrected chi connectivity index (χ2v) is 6.66. The van der Waals surface area contributed by atoms with Crippen LogP contribution in [0.3, 0.4) is 0 Å². The zero-order chi connectivity index (χ0) is 15.5. The van der Waals surface area contributed by atoms with Crippen LogP contribution in [0.1, 0.15) is 46.0 Å². The predicted molar refractivity (Wildman–Crippen MR) is 93.6 cm³/mol. The van der Waals surface area contributed by atoms with Crippen LogP contribution in [0.25, 0.3) is 0 Å². The van der Waals surface area contributed by atoms with E-state index in [1.54, 1.807) is 0 Å². The highest BCUT2D eigenvalue weighted by atomic mass is 79.9. The lowest BCUT2D eigenvalue weighted by Gasteiger charge is -2.08. The van der Waals surface area contributed by atoms with Crippen molar-refractivity contribution >= 4 is 27.5 Å². The molecule has 1 aromatic carbocycles. The first-order valence-electron chi connectivity index (χ1n) is 7.84. The molecule has 0 unspecified atom stereocenters. The van der Waals surface area contributed by atoms with E-state index in [2.05, 4.69) is 40.4 Å². The van der Waals surface area contributed by atoms with E-state index in [1.165, 1.54) is 25.7 Å². The van der Waals surface area contributed by atoms with E-state index in [1.807, 2.05) is 24.3 Å². The summed E-state index contributed by atoms with van der Waals surface area (Å²) in [5.74, 6) is 0.811. The fourth-order valence-corrected chi connectivity index (χ4v) is 2.50. The van der Waals surface area contributed by atoms with Crippen LogP contribution in [0.5, 0.6) is 0 Å². The van der Waals surface area contributed by atoms with E-state index in [-0.39, 0.29) is 5.91 Å². The number of halogens is 1. The Balaban J connectivity index is 2.03. The summed E-state index contributed by atoms with van der Waals surface area (Å²) in [5, 5.41) is 6.08. The van der Waals surface area contributed by atoms with Gasteiger partial charge in [0.25, 0.3) is 0 Å². The van der Waals surface area contributed by atoms with Crippen molar-refractivity contribution in [3.63, 3.8) is 0 Å². The van der Waals surface area contributed by atoms with Gasteiger partial charge >= 0.3 is 0 Å². The van der Waals surface area contributed by atoms with Crippen LogP contribution >= 0.6 is 15.9 Å². The molecule has 0 saturated heterocycles. The number of anilines is 1. The van der Waals surface area contributed by atoms with Gasteiger partial charge in [0.1, 0.15) is 0 Å². The normalized spacial score (nSPS) is 10.9. The molecule has 0 aliphatic carbocycles. The molecule has 0 aliphatic rings.